The van der Waals surface area contributed by atoms with Gasteiger partial charge in [-0.25, -0.2) is 9.67 Å². The Labute approximate surface area is 176 Å². The van der Waals surface area contributed by atoms with Gasteiger partial charge in [-0.05, 0) is 43.3 Å². The van der Waals surface area contributed by atoms with Gasteiger partial charge in [-0.15, -0.1) is 22.7 Å². The molecular weight excluding hydrogens is 406 g/mol. The van der Waals surface area contributed by atoms with Crippen molar-refractivity contribution >= 4 is 22.7 Å². The van der Waals surface area contributed by atoms with E-state index in [1.165, 1.54) is 20.9 Å². The number of methoxy groups -OCH3 is 2. The molecule has 29 heavy (non-hydrogen) atoms. The summed E-state index contributed by atoms with van der Waals surface area (Å²) in [6, 6.07) is 13.1. The van der Waals surface area contributed by atoms with Crippen molar-refractivity contribution in [2.24, 2.45) is 0 Å². The summed E-state index contributed by atoms with van der Waals surface area (Å²) >= 11 is 3.17. The molecule has 0 amide bonds. The van der Waals surface area contributed by atoms with Crippen LogP contribution in [0.4, 0.5) is 0 Å². The predicted molar refractivity (Wildman–Crippen MR) is 116 cm³/mol. The fraction of sp³-hybridized carbons (Fsp3) is 0.190. The lowest BCUT2D eigenvalue weighted by atomic mass is 10.2. The van der Waals surface area contributed by atoms with Crippen molar-refractivity contribution in [3.8, 4) is 32.6 Å². The van der Waals surface area contributed by atoms with Crippen LogP contribution in [0, 0.1) is 6.92 Å². The number of ether oxygens (including phenoxy) is 2. The average molecular weight is 426 g/mol. The van der Waals surface area contributed by atoms with Gasteiger partial charge in [-0.3, -0.25) is 4.79 Å². The zero-order valence-electron chi connectivity index (χ0n) is 16.2. The maximum atomic E-state index is 12.3. The molecule has 0 N–H and O–H groups in total. The molecule has 0 bridgehead atoms. The Bertz CT molecular complexity index is 1210. The van der Waals surface area contributed by atoms with Gasteiger partial charge in [0.1, 0.15) is 10.7 Å². The van der Waals surface area contributed by atoms with Crippen LogP contribution in [0.25, 0.3) is 21.1 Å². The number of hydrogen-bond donors (Lipinski definition) is 0. The molecule has 1 aromatic carbocycles. The third-order valence-electron chi connectivity index (χ3n) is 4.35. The van der Waals surface area contributed by atoms with Gasteiger partial charge in [0.2, 0.25) is 0 Å². The van der Waals surface area contributed by atoms with Crippen molar-refractivity contribution in [1.82, 2.24) is 14.8 Å². The third kappa shape index (κ3) is 4.08. The molecule has 6 nitrogen and oxygen atoms in total. The first-order valence-corrected chi connectivity index (χ1v) is 10.6. The largest absolute Gasteiger partial charge is 0.493 e. The normalized spacial score (nSPS) is 10.9. The maximum absolute atomic E-state index is 12.3. The topological polar surface area (TPSA) is 66.2 Å². The molecule has 0 fully saturated rings. The average Bonchev–Trinajstić information content (AvgIpc) is 3.38. The molecule has 3 heterocycles. The van der Waals surface area contributed by atoms with E-state index in [9.17, 15) is 4.79 Å². The standard InChI is InChI=1S/C21H19N3O3S2/c1-13-4-8-19(29-13)16-6-9-20(25)24(23-16)11-15-12-28-21(22-15)14-5-7-17(26-2)18(10-14)27-3/h4-10,12H,11H2,1-3H3. The molecule has 0 aliphatic rings. The summed E-state index contributed by atoms with van der Waals surface area (Å²) in [5, 5.41) is 7.32. The minimum atomic E-state index is -0.150. The molecule has 4 rings (SSSR count). The first kappa shape index (κ1) is 19.4. The summed E-state index contributed by atoms with van der Waals surface area (Å²) in [6.07, 6.45) is 0. The molecule has 0 unspecified atom stereocenters. The lowest BCUT2D eigenvalue weighted by Crippen LogP contribution is -2.22. The highest BCUT2D eigenvalue weighted by Gasteiger charge is 2.11. The highest BCUT2D eigenvalue weighted by atomic mass is 32.1. The van der Waals surface area contributed by atoms with E-state index in [4.69, 9.17) is 9.47 Å². The van der Waals surface area contributed by atoms with E-state index in [0.29, 0.717) is 18.0 Å². The van der Waals surface area contributed by atoms with Crippen LogP contribution in [0.15, 0.2) is 52.6 Å². The Kier molecular flexibility index (Phi) is 5.46. The minimum absolute atomic E-state index is 0.150. The number of benzene rings is 1. The number of thiophene rings is 1. The highest BCUT2D eigenvalue weighted by Crippen LogP contribution is 2.33. The van der Waals surface area contributed by atoms with Crippen molar-refractivity contribution in [3.05, 3.63) is 68.8 Å². The number of thiazole rings is 1. The summed E-state index contributed by atoms with van der Waals surface area (Å²) in [5.74, 6) is 1.32. The second-order valence-corrected chi connectivity index (χ2v) is 8.48. The van der Waals surface area contributed by atoms with Crippen LogP contribution >= 0.6 is 22.7 Å². The Morgan fingerprint density at radius 1 is 1.03 bits per heavy atom. The molecule has 3 aromatic heterocycles. The summed E-state index contributed by atoms with van der Waals surface area (Å²) in [7, 11) is 3.21. The third-order valence-corrected chi connectivity index (χ3v) is 6.32. The van der Waals surface area contributed by atoms with Crippen LogP contribution < -0.4 is 15.0 Å². The number of hydrogen-bond acceptors (Lipinski definition) is 7. The fourth-order valence-electron chi connectivity index (χ4n) is 2.90. The fourth-order valence-corrected chi connectivity index (χ4v) is 4.54. The molecule has 8 heteroatoms. The van der Waals surface area contributed by atoms with Crippen LogP contribution in [0.5, 0.6) is 11.5 Å². The molecule has 0 spiro atoms. The number of nitrogens with zero attached hydrogens (tertiary/aromatic N) is 3. The van der Waals surface area contributed by atoms with Gasteiger partial charge >= 0.3 is 0 Å². The predicted octanol–water partition coefficient (Wildman–Crippen LogP) is 4.47. The Hall–Kier alpha value is -2.97. The number of rotatable bonds is 6. The van der Waals surface area contributed by atoms with Crippen molar-refractivity contribution in [2.75, 3.05) is 14.2 Å². The first-order valence-electron chi connectivity index (χ1n) is 8.89. The zero-order chi connectivity index (χ0) is 20.4. The van der Waals surface area contributed by atoms with E-state index in [1.807, 2.05) is 35.7 Å². The van der Waals surface area contributed by atoms with Gasteiger partial charge in [0.05, 0.1) is 31.3 Å². The molecule has 0 saturated carbocycles. The molecule has 4 aromatic rings. The van der Waals surface area contributed by atoms with Gasteiger partial charge in [-0.1, -0.05) is 0 Å². The van der Waals surface area contributed by atoms with Gasteiger partial charge in [0, 0.05) is 21.9 Å². The second kappa shape index (κ2) is 8.18. The summed E-state index contributed by atoms with van der Waals surface area (Å²) in [4.78, 5) is 19.2. The van der Waals surface area contributed by atoms with E-state index in [-0.39, 0.29) is 5.56 Å². The molecular formula is C21H19N3O3S2. The lowest BCUT2D eigenvalue weighted by molar-refractivity contribution is 0.355. The summed E-state index contributed by atoms with van der Waals surface area (Å²) in [6.45, 7) is 2.37. The van der Waals surface area contributed by atoms with Gasteiger partial charge in [0.25, 0.3) is 5.56 Å². The van der Waals surface area contributed by atoms with Gasteiger partial charge in [0.15, 0.2) is 11.5 Å². The van der Waals surface area contributed by atoms with Gasteiger partial charge in [-0.2, -0.15) is 5.10 Å². The summed E-state index contributed by atoms with van der Waals surface area (Å²) in [5.41, 5.74) is 2.36. The van der Waals surface area contributed by atoms with Crippen LogP contribution in [-0.2, 0) is 6.54 Å². The smallest absolute Gasteiger partial charge is 0.267 e. The Balaban J connectivity index is 1.61. The minimum Gasteiger partial charge on any atom is -0.493 e. The van der Waals surface area contributed by atoms with E-state index >= 15 is 0 Å². The van der Waals surface area contributed by atoms with E-state index < -0.39 is 0 Å². The Morgan fingerprint density at radius 2 is 1.86 bits per heavy atom. The SMILES string of the molecule is COc1ccc(-c2nc(Cn3nc(-c4ccc(C)s4)ccc3=O)cs2)cc1OC. The van der Waals surface area contributed by atoms with Crippen molar-refractivity contribution in [1.29, 1.82) is 0 Å². The molecule has 0 atom stereocenters. The van der Waals surface area contributed by atoms with Crippen LogP contribution in [0.3, 0.4) is 0 Å². The first-order chi connectivity index (χ1) is 14.1. The quantitative estimate of drug-likeness (QED) is 0.456. The maximum Gasteiger partial charge on any atom is 0.267 e. The molecule has 0 radical (unpaired) electrons. The van der Waals surface area contributed by atoms with Crippen LogP contribution in [0.1, 0.15) is 10.6 Å². The molecule has 148 valence electrons. The highest BCUT2D eigenvalue weighted by molar-refractivity contribution is 7.15. The molecule has 0 saturated heterocycles. The second-order valence-electron chi connectivity index (χ2n) is 6.34. The van der Waals surface area contributed by atoms with E-state index in [1.54, 1.807) is 37.7 Å². The molecule has 0 aliphatic carbocycles. The van der Waals surface area contributed by atoms with Crippen molar-refractivity contribution in [2.45, 2.75) is 13.5 Å². The summed E-state index contributed by atoms with van der Waals surface area (Å²) < 4.78 is 12.1. The number of aryl methyl sites for hydroxylation is 1. The van der Waals surface area contributed by atoms with E-state index in [2.05, 4.69) is 17.0 Å². The monoisotopic (exact) mass is 425 g/mol. The molecule has 0 aliphatic heterocycles. The Morgan fingerprint density at radius 3 is 2.59 bits per heavy atom. The van der Waals surface area contributed by atoms with Crippen molar-refractivity contribution in [3.63, 3.8) is 0 Å². The van der Waals surface area contributed by atoms with Crippen LogP contribution in [0.2, 0.25) is 0 Å². The van der Waals surface area contributed by atoms with Crippen LogP contribution in [-0.4, -0.2) is 29.0 Å². The van der Waals surface area contributed by atoms with Crippen molar-refractivity contribution < 1.29 is 9.47 Å². The lowest BCUT2D eigenvalue weighted by Gasteiger charge is -2.08. The number of aromatic nitrogens is 3. The van der Waals surface area contributed by atoms with E-state index in [0.717, 1.165) is 26.8 Å². The zero-order valence-corrected chi connectivity index (χ0v) is 17.8. The van der Waals surface area contributed by atoms with Gasteiger partial charge < -0.3 is 9.47 Å².